The fourth-order valence-corrected chi connectivity index (χ4v) is 4.65. The van der Waals surface area contributed by atoms with Crippen molar-refractivity contribution in [3.8, 4) is 0 Å². The fourth-order valence-electron chi connectivity index (χ4n) is 4.39. The Morgan fingerprint density at radius 1 is 1.06 bits per heavy atom. The Hall–Kier alpha value is -2.93. The van der Waals surface area contributed by atoms with Crippen LogP contribution in [-0.4, -0.2) is 26.3 Å². The smallest absolute Gasteiger partial charge is 0.270 e. The van der Waals surface area contributed by atoms with Crippen LogP contribution in [0.15, 0.2) is 71.3 Å². The van der Waals surface area contributed by atoms with Crippen LogP contribution < -0.4 is 0 Å². The summed E-state index contributed by atoms with van der Waals surface area (Å²) in [5.74, 6) is -0.142. The van der Waals surface area contributed by atoms with Gasteiger partial charge in [-0.25, -0.2) is 0 Å². The molecule has 32 heavy (non-hydrogen) atoms. The van der Waals surface area contributed by atoms with Crippen LogP contribution >= 0.6 is 15.9 Å². The van der Waals surface area contributed by atoms with E-state index in [-0.39, 0.29) is 17.6 Å². The van der Waals surface area contributed by atoms with E-state index in [4.69, 9.17) is 0 Å². The summed E-state index contributed by atoms with van der Waals surface area (Å²) in [4.78, 5) is 26.2. The first-order chi connectivity index (χ1) is 15.5. The molecule has 1 aliphatic carbocycles. The number of nitro benzene ring substituents is 1. The third kappa shape index (κ3) is 5.27. The molecule has 1 amide bonds. The molecule has 1 fully saturated rings. The zero-order chi connectivity index (χ0) is 22.5. The Labute approximate surface area is 196 Å². The Kier molecular flexibility index (Phi) is 7.05. The van der Waals surface area contributed by atoms with Gasteiger partial charge in [-0.05, 0) is 48.7 Å². The second-order valence-corrected chi connectivity index (χ2v) is 9.20. The number of aromatic nitrogens is 1. The van der Waals surface area contributed by atoms with Crippen molar-refractivity contribution in [2.75, 3.05) is 0 Å². The van der Waals surface area contributed by atoms with Crippen molar-refractivity contribution in [3.63, 3.8) is 0 Å². The van der Waals surface area contributed by atoms with Crippen molar-refractivity contribution < 1.29 is 9.72 Å². The van der Waals surface area contributed by atoms with Gasteiger partial charge in [0.05, 0.1) is 11.5 Å². The van der Waals surface area contributed by atoms with Crippen LogP contribution in [0.3, 0.4) is 0 Å². The lowest BCUT2D eigenvalue weighted by atomic mass is 9.93. The van der Waals surface area contributed by atoms with Crippen LogP contribution in [-0.2, 0) is 13.1 Å². The molecular weight excluding hydrogens is 470 g/mol. The molecule has 0 spiro atoms. The van der Waals surface area contributed by atoms with Gasteiger partial charge in [0.15, 0.2) is 0 Å². The number of benzene rings is 2. The number of hydrogen-bond acceptors (Lipinski definition) is 3. The van der Waals surface area contributed by atoms with Gasteiger partial charge in [-0.1, -0.05) is 53.4 Å². The molecule has 6 nitrogen and oxygen atoms in total. The molecule has 2 aromatic carbocycles. The van der Waals surface area contributed by atoms with Crippen molar-refractivity contribution in [2.24, 2.45) is 0 Å². The maximum Gasteiger partial charge on any atom is 0.270 e. The van der Waals surface area contributed by atoms with Gasteiger partial charge in [-0.15, -0.1) is 0 Å². The molecule has 7 heteroatoms. The second kappa shape index (κ2) is 10.1. The number of carbonyl (C=O) groups is 1. The molecule has 0 unspecified atom stereocenters. The maximum absolute atomic E-state index is 13.5. The van der Waals surface area contributed by atoms with Gasteiger partial charge in [0.2, 0.25) is 0 Å². The van der Waals surface area contributed by atoms with Crippen molar-refractivity contribution in [1.29, 1.82) is 0 Å². The van der Waals surface area contributed by atoms with Crippen LogP contribution in [0, 0.1) is 10.1 Å². The van der Waals surface area contributed by atoms with Gasteiger partial charge in [-0.2, -0.15) is 0 Å². The van der Waals surface area contributed by atoms with E-state index in [9.17, 15) is 14.9 Å². The first-order valence-corrected chi connectivity index (χ1v) is 11.7. The topological polar surface area (TPSA) is 68.4 Å². The lowest BCUT2D eigenvalue weighted by Gasteiger charge is -2.35. The molecule has 1 aromatic heterocycles. The number of nitrogens with zero attached hydrogens (tertiary/aromatic N) is 3. The van der Waals surface area contributed by atoms with Gasteiger partial charge in [0.1, 0.15) is 0 Å². The van der Waals surface area contributed by atoms with Crippen molar-refractivity contribution in [1.82, 2.24) is 9.47 Å². The second-order valence-electron chi connectivity index (χ2n) is 8.29. The van der Waals surface area contributed by atoms with Gasteiger partial charge in [0, 0.05) is 46.6 Å². The van der Waals surface area contributed by atoms with Crippen LogP contribution in [0.4, 0.5) is 5.69 Å². The van der Waals surface area contributed by atoms with Crippen molar-refractivity contribution in [3.05, 3.63) is 98.3 Å². The van der Waals surface area contributed by atoms with E-state index in [0.29, 0.717) is 12.1 Å². The highest BCUT2D eigenvalue weighted by Gasteiger charge is 2.28. The summed E-state index contributed by atoms with van der Waals surface area (Å²) in [6, 6.07) is 18.5. The number of halogens is 1. The number of rotatable bonds is 7. The first kappa shape index (κ1) is 22.3. The SMILES string of the molecule is O=C(c1cccc([N+](=O)[O-])c1)N(Cc1cccn1Cc1ccc(Br)cc1)C1CCCCC1. The molecule has 166 valence electrons. The molecule has 1 heterocycles. The van der Waals surface area contributed by atoms with E-state index in [0.717, 1.165) is 42.4 Å². The van der Waals surface area contributed by atoms with E-state index < -0.39 is 4.92 Å². The van der Waals surface area contributed by atoms with E-state index >= 15 is 0 Å². The molecule has 0 aliphatic heterocycles. The molecule has 3 aromatic rings. The third-order valence-electron chi connectivity index (χ3n) is 6.10. The van der Waals surface area contributed by atoms with Crippen molar-refractivity contribution >= 4 is 27.5 Å². The van der Waals surface area contributed by atoms with Crippen LogP contribution in [0.5, 0.6) is 0 Å². The van der Waals surface area contributed by atoms with Crippen LogP contribution in [0.25, 0.3) is 0 Å². The first-order valence-electron chi connectivity index (χ1n) is 10.9. The minimum Gasteiger partial charge on any atom is -0.345 e. The molecular formula is C25H26BrN3O3. The van der Waals surface area contributed by atoms with Gasteiger partial charge in [-0.3, -0.25) is 14.9 Å². The van der Waals surface area contributed by atoms with E-state index in [2.05, 4.69) is 38.7 Å². The lowest BCUT2D eigenvalue weighted by Crippen LogP contribution is -2.41. The summed E-state index contributed by atoms with van der Waals surface area (Å²) in [5.41, 5.74) is 2.55. The number of non-ortho nitro benzene ring substituents is 1. The highest BCUT2D eigenvalue weighted by atomic mass is 79.9. The predicted molar refractivity (Wildman–Crippen MR) is 128 cm³/mol. The van der Waals surface area contributed by atoms with E-state index in [1.807, 2.05) is 29.3 Å². The van der Waals surface area contributed by atoms with Gasteiger partial charge >= 0.3 is 0 Å². The Bertz CT molecular complexity index is 1090. The number of nitro groups is 1. The molecule has 0 radical (unpaired) electrons. The molecule has 0 atom stereocenters. The normalized spacial score (nSPS) is 14.3. The van der Waals surface area contributed by atoms with Crippen molar-refractivity contribution in [2.45, 2.75) is 51.2 Å². The predicted octanol–water partition coefficient (Wildman–Crippen LogP) is 6.18. The Morgan fingerprint density at radius 2 is 1.81 bits per heavy atom. The quantitative estimate of drug-likeness (QED) is 0.290. The average molecular weight is 496 g/mol. The Morgan fingerprint density at radius 3 is 2.53 bits per heavy atom. The largest absolute Gasteiger partial charge is 0.345 e. The zero-order valence-corrected chi connectivity index (χ0v) is 19.4. The summed E-state index contributed by atoms with van der Waals surface area (Å²) < 4.78 is 3.21. The summed E-state index contributed by atoms with van der Waals surface area (Å²) in [5, 5.41) is 11.2. The van der Waals surface area contributed by atoms with Crippen LogP contribution in [0.1, 0.15) is 53.7 Å². The van der Waals surface area contributed by atoms with Crippen LogP contribution in [0.2, 0.25) is 0 Å². The standard InChI is InChI=1S/C25H26BrN3O3/c26-21-13-11-19(12-14-21)17-27-15-5-10-24(27)18-28(22-7-2-1-3-8-22)25(30)20-6-4-9-23(16-20)29(31)32/h4-6,9-16,22H,1-3,7-8,17-18H2. The number of hydrogen-bond donors (Lipinski definition) is 0. The summed E-state index contributed by atoms with van der Waals surface area (Å²) >= 11 is 3.47. The minimum atomic E-state index is -0.453. The monoisotopic (exact) mass is 495 g/mol. The highest BCUT2D eigenvalue weighted by molar-refractivity contribution is 9.10. The minimum absolute atomic E-state index is 0.0574. The summed E-state index contributed by atoms with van der Waals surface area (Å²) in [6.07, 6.45) is 7.36. The molecule has 0 bridgehead atoms. The zero-order valence-electron chi connectivity index (χ0n) is 17.8. The van der Waals surface area contributed by atoms with Gasteiger partial charge in [0.25, 0.3) is 11.6 Å². The maximum atomic E-state index is 13.5. The van der Waals surface area contributed by atoms with E-state index in [1.54, 1.807) is 12.1 Å². The molecule has 0 N–H and O–H groups in total. The Balaban J connectivity index is 1.60. The molecule has 1 saturated carbocycles. The van der Waals surface area contributed by atoms with Gasteiger partial charge < -0.3 is 9.47 Å². The van der Waals surface area contributed by atoms with E-state index in [1.165, 1.54) is 24.1 Å². The lowest BCUT2D eigenvalue weighted by molar-refractivity contribution is -0.384. The summed E-state index contributed by atoms with van der Waals surface area (Å²) in [7, 11) is 0. The highest BCUT2D eigenvalue weighted by Crippen LogP contribution is 2.27. The number of amides is 1. The average Bonchev–Trinajstić information content (AvgIpc) is 3.25. The fraction of sp³-hybridized carbons (Fsp3) is 0.320. The number of carbonyl (C=O) groups excluding carboxylic acids is 1. The molecule has 0 saturated heterocycles. The summed E-state index contributed by atoms with van der Waals surface area (Å²) in [6.45, 7) is 1.20. The molecule has 1 aliphatic rings. The molecule has 4 rings (SSSR count). The third-order valence-corrected chi connectivity index (χ3v) is 6.63.